The predicted molar refractivity (Wildman–Crippen MR) is 87.6 cm³/mol. The molecule has 128 valence electrons. The molecule has 7 nitrogen and oxygen atoms in total. The standard InChI is InChI=1S/C16H16ClNO6/c17-11-7-9-6-10(16(23)24-13(9)8-12(11)19)15(22)18-5-3-1-2-4-14(20)21/h6-8,19H,1-5H2,(H,18,22)(H,20,21). The molecule has 1 aromatic heterocycles. The van der Waals surface area contributed by atoms with Gasteiger partial charge in [0.05, 0.1) is 5.02 Å². The van der Waals surface area contributed by atoms with Gasteiger partial charge in [-0.3, -0.25) is 9.59 Å². The van der Waals surface area contributed by atoms with Crippen LogP contribution in [-0.4, -0.2) is 28.6 Å². The first-order valence-electron chi connectivity index (χ1n) is 7.35. The van der Waals surface area contributed by atoms with E-state index in [-0.39, 0.29) is 28.3 Å². The van der Waals surface area contributed by atoms with Gasteiger partial charge in [0.25, 0.3) is 5.91 Å². The van der Waals surface area contributed by atoms with E-state index < -0.39 is 17.5 Å². The lowest BCUT2D eigenvalue weighted by molar-refractivity contribution is -0.137. The van der Waals surface area contributed by atoms with Gasteiger partial charge in [0.1, 0.15) is 16.9 Å². The number of carboxylic acid groups (broad SMARTS) is 1. The molecule has 0 spiro atoms. The van der Waals surface area contributed by atoms with Gasteiger partial charge in [-0.1, -0.05) is 18.0 Å². The molecule has 0 aliphatic carbocycles. The van der Waals surface area contributed by atoms with Crippen molar-refractivity contribution >= 4 is 34.4 Å². The van der Waals surface area contributed by atoms with Gasteiger partial charge in [0.2, 0.25) is 0 Å². The van der Waals surface area contributed by atoms with Crippen LogP contribution >= 0.6 is 11.6 Å². The number of amides is 1. The SMILES string of the molecule is O=C(O)CCCCCNC(=O)c1cc2cc(Cl)c(O)cc2oc1=O. The van der Waals surface area contributed by atoms with Gasteiger partial charge in [0, 0.05) is 24.4 Å². The van der Waals surface area contributed by atoms with E-state index >= 15 is 0 Å². The van der Waals surface area contributed by atoms with E-state index in [1.807, 2.05) is 0 Å². The number of nitrogens with one attached hydrogen (secondary N) is 1. The van der Waals surface area contributed by atoms with Crippen molar-refractivity contribution < 1.29 is 24.2 Å². The number of unbranched alkanes of at least 4 members (excludes halogenated alkanes) is 2. The lowest BCUT2D eigenvalue weighted by Crippen LogP contribution is -2.29. The minimum atomic E-state index is -0.850. The van der Waals surface area contributed by atoms with Crippen molar-refractivity contribution in [2.24, 2.45) is 0 Å². The molecule has 0 atom stereocenters. The summed E-state index contributed by atoms with van der Waals surface area (Å²) in [5.41, 5.74) is -0.838. The van der Waals surface area contributed by atoms with Gasteiger partial charge in [-0.2, -0.15) is 0 Å². The molecule has 1 aromatic carbocycles. The topological polar surface area (TPSA) is 117 Å². The number of phenols is 1. The molecule has 0 saturated heterocycles. The number of hydrogen-bond donors (Lipinski definition) is 3. The van der Waals surface area contributed by atoms with Crippen LogP contribution in [0.25, 0.3) is 11.0 Å². The summed E-state index contributed by atoms with van der Waals surface area (Å²) in [5.74, 6) is -1.64. The number of benzene rings is 1. The van der Waals surface area contributed by atoms with Crippen molar-refractivity contribution in [1.29, 1.82) is 0 Å². The molecule has 0 fully saturated rings. The van der Waals surface area contributed by atoms with Gasteiger partial charge < -0.3 is 19.9 Å². The van der Waals surface area contributed by atoms with Crippen molar-refractivity contribution in [1.82, 2.24) is 5.32 Å². The van der Waals surface area contributed by atoms with E-state index in [0.717, 1.165) is 0 Å². The third-order valence-corrected chi connectivity index (χ3v) is 3.70. The van der Waals surface area contributed by atoms with Crippen LogP contribution in [0.2, 0.25) is 5.02 Å². The summed E-state index contributed by atoms with van der Waals surface area (Å²) in [7, 11) is 0. The fourth-order valence-electron chi connectivity index (χ4n) is 2.16. The second kappa shape index (κ2) is 7.83. The lowest BCUT2D eigenvalue weighted by atomic mass is 10.1. The summed E-state index contributed by atoms with van der Waals surface area (Å²) < 4.78 is 5.02. The normalized spacial score (nSPS) is 10.7. The molecule has 24 heavy (non-hydrogen) atoms. The first-order chi connectivity index (χ1) is 11.4. The number of fused-ring (bicyclic) bond motifs is 1. The van der Waals surface area contributed by atoms with Gasteiger partial charge in [-0.15, -0.1) is 0 Å². The molecule has 1 amide bonds. The predicted octanol–water partition coefficient (Wildman–Crippen LogP) is 2.53. The minimum absolute atomic E-state index is 0.0844. The van der Waals surface area contributed by atoms with Crippen LogP contribution in [-0.2, 0) is 4.79 Å². The Balaban J connectivity index is 2.01. The minimum Gasteiger partial charge on any atom is -0.506 e. The zero-order valence-corrected chi connectivity index (χ0v) is 13.4. The Kier molecular flexibility index (Phi) is 5.81. The zero-order chi connectivity index (χ0) is 17.7. The van der Waals surface area contributed by atoms with Crippen molar-refractivity contribution in [3.05, 3.63) is 39.2 Å². The summed E-state index contributed by atoms with van der Waals surface area (Å²) in [5, 5.41) is 21.1. The fraction of sp³-hybridized carbons (Fsp3) is 0.312. The van der Waals surface area contributed by atoms with Crippen LogP contribution in [0, 0.1) is 0 Å². The third-order valence-electron chi connectivity index (χ3n) is 3.40. The highest BCUT2D eigenvalue weighted by molar-refractivity contribution is 6.32. The smallest absolute Gasteiger partial charge is 0.349 e. The number of carbonyl (C=O) groups is 2. The number of carboxylic acids is 1. The van der Waals surface area contributed by atoms with Crippen LogP contribution in [0.1, 0.15) is 36.0 Å². The highest BCUT2D eigenvalue weighted by Gasteiger charge is 2.14. The maximum atomic E-state index is 12.1. The molecule has 0 radical (unpaired) electrons. The molecule has 0 aliphatic heterocycles. The lowest BCUT2D eigenvalue weighted by Gasteiger charge is -2.06. The zero-order valence-electron chi connectivity index (χ0n) is 12.7. The number of aliphatic carboxylic acids is 1. The number of rotatable bonds is 7. The number of phenolic OH excluding ortho intramolecular Hbond substituents is 1. The largest absolute Gasteiger partial charge is 0.506 e. The van der Waals surface area contributed by atoms with Crippen molar-refractivity contribution in [3.8, 4) is 5.75 Å². The fourth-order valence-corrected chi connectivity index (χ4v) is 2.33. The van der Waals surface area contributed by atoms with Crippen LogP contribution < -0.4 is 10.9 Å². The second-order valence-electron chi connectivity index (χ2n) is 5.25. The van der Waals surface area contributed by atoms with E-state index in [9.17, 15) is 19.5 Å². The molecule has 0 saturated carbocycles. The van der Waals surface area contributed by atoms with Crippen LogP contribution in [0.15, 0.2) is 27.4 Å². The number of hydrogen-bond acceptors (Lipinski definition) is 5. The highest BCUT2D eigenvalue weighted by atomic mass is 35.5. The van der Waals surface area contributed by atoms with E-state index in [1.54, 1.807) is 0 Å². The quantitative estimate of drug-likeness (QED) is 0.520. The molecule has 1 heterocycles. The Hall–Kier alpha value is -2.54. The number of halogens is 1. The molecule has 8 heteroatoms. The summed E-state index contributed by atoms with van der Waals surface area (Å²) >= 11 is 5.80. The second-order valence-corrected chi connectivity index (χ2v) is 5.66. The first kappa shape index (κ1) is 17.8. The van der Waals surface area contributed by atoms with E-state index in [2.05, 4.69) is 5.32 Å². The van der Waals surface area contributed by atoms with Crippen LogP contribution in [0.5, 0.6) is 5.75 Å². The Morgan fingerprint density at radius 1 is 1.17 bits per heavy atom. The third kappa shape index (κ3) is 4.48. The summed E-state index contributed by atoms with van der Waals surface area (Å²) in [4.78, 5) is 34.3. The van der Waals surface area contributed by atoms with E-state index in [4.69, 9.17) is 21.1 Å². The van der Waals surface area contributed by atoms with Crippen LogP contribution in [0.3, 0.4) is 0 Å². The van der Waals surface area contributed by atoms with Gasteiger partial charge in [0.15, 0.2) is 0 Å². The maximum Gasteiger partial charge on any atom is 0.349 e. The molecule has 3 N–H and O–H groups in total. The van der Waals surface area contributed by atoms with Gasteiger partial charge in [-0.05, 0) is 25.0 Å². The number of carbonyl (C=O) groups excluding carboxylic acids is 1. The Bertz CT molecular complexity index is 829. The van der Waals surface area contributed by atoms with E-state index in [0.29, 0.717) is 31.2 Å². The monoisotopic (exact) mass is 353 g/mol. The van der Waals surface area contributed by atoms with Crippen LogP contribution in [0.4, 0.5) is 0 Å². The average molecular weight is 354 g/mol. The summed E-state index contributed by atoms with van der Waals surface area (Å²) in [6.45, 7) is 0.326. The summed E-state index contributed by atoms with van der Waals surface area (Å²) in [6.07, 6.45) is 1.90. The first-order valence-corrected chi connectivity index (χ1v) is 7.72. The molecule has 0 bridgehead atoms. The van der Waals surface area contributed by atoms with E-state index in [1.165, 1.54) is 18.2 Å². The van der Waals surface area contributed by atoms with Gasteiger partial charge >= 0.3 is 11.6 Å². The molecule has 2 aromatic rings. The molecular formula is C16H16ClNO6. The number of aromatic hydroxyl groups is 1. The Morgan fingerprint density at radius 2 is 1.92 bits per heavy atom. The maximum absolute atomic E-state index is 12.1. The van der Waals surface area contributed by atoms with Crippen molar-refractivity contribution in [3.63, 3.8) is 0 Å². The van der Waals surface area contributed by atoms with Crippen molar-refractivity contribution in [2.45, 2.75) is 25.7 Å². The summed E-state index contributed by atoms with van der Waals surface area (Å²) in [6, 6.07) is 3.97. The molecular weight excluding hydrogens is 338 g/mol. The molecule has 2 rings (SSSR count). The molecule has 0 unspecified atom stereocenters. The Morgan fingerprint density at radius 3 is 2.62 bits per heavy atom. The van der Waals surface area contributed by atoms with Gasteiger partial charge in [-0.25, -0.2) is 4.79 Å². The molecule has 0 aliphatic rings. The van der Waals surface area contributed by atoms with Crippen molar-refractivity contribution in [2.75, 3.05) is 6.54 Å². The average Bonchev–Trinajstić information content (AvgIpc) is 2.51. The highest BCUT2D eigenvalue weighted by Crippen LogP contribution is 2.28. The Labute approximate surface area is 141 Å².